The number of anilines is 1. The molecule has 1 unspecified atom stereocenters. The first-order chi connectivity index (χ1) is 15.6. The zero-order valence-electron chi connectivity index (χ0n) is 17.7. The number of hydrogen-bond donors (Lipinski definition) is 1. The van der Waals surface area contributed by atoms with Crippen molar-refractivity contribution >= 4 is 17.2 Å². The predicted molar refractivity (Wildman–Crippen MR) is 122 cm³/mol. The van der Waals surface area contributed by atoms with E-state index in [1.807, 2.05) is 4.40 Å². The number of nitrogens with one attached hydrogen (secondary N) is 1. The fourth-order valence-corrected chi connectivity index (χ4v) is 4.12. The fourth-order valence-electron chi connectivity index (χ4n) is 4.12. The third-order valence-corrected chi connectivity index (χ3v) is 5.97. The molecule has 1 atom stereocenters. The average Bonchev–Trinajstić information content (AvgIpc) is 3.53. The van der Waals surface area contributed by atoms with Gasteiger partial charge >= 0.3 is 0 Å². The van der Waals surface area contributed by atoms with Gasteiger partial charge in [0.05, 0.1) is 29.7 Å². The molecule has 1 aliphatic heterocycles. The molecule has 1 aliphatic rings. The van der Waals surface area contributed by atoms with Crippen molar-refractivity contribution in [1.29, 1.82) is 5.26 Å². The van der Waals surface area contributed by atoms with Crippen molar-refractivity contribution in [1.82, 2.24) is 19.7 Å². The number of hydrogen-bond acceptors (Lipinski definition) is 5. The molecule has 4 aromatic rings. The third kappa shape index (κ3) is 3.61. The number of nitrogens with zero attached hydrogens (tertiary/aromatic N) is 5. The average molecular weight is 422 g/mol. The maximum Gasteiger partial charge on any atom is 0.278 e. The minimum absolute atomic E-state index is 0.237. The molecule has 1 saturated heterocycles. The minimum atomic E-state index is -0.237. The van der Waals surface area contributed by atoms with Crippen molar-refractivity contribution in [3.63, 3.8) is 0 Å². The van der Waals surface area contributed by atoms with E-state index in [9.17, 15) is 4.79 Å². The van der Waals surface area contributed by atoms with Gasteiger partial charge in [-0.1, -0.05) is 24.3 Å². The number of imidazole rings is 1. The SMILES string of the molecule is CN(C(=O)c1cn2c(-c3ccc(C4CCCN4)cc3)cnc2cn1)c1ccc(C#N)cc1. The van der Waals surface area contributed by atoms with E-state index in [0.29, 0.717) is 28.6 Å². The van der Waals surface area contributed by atoms with Crippen LogP contribution in [0.2, 0.25) is 0 Å². The van der Waals surface area contributed by atoms with E-state index >= 15 is 0 Å². The summed E-state index contributed by atoms with van der Waals surface area (Å²) in [7, 11) is 1.69. The van der Waals surface area contributed by atoms with E-state index in [4.69, 9.17) is 5.26 Å². The van der Waals surface area contributed by atoms with Gasteiger partial charge in [0.2, 0.25) is 0 Å². The summed E-state index contributed by atoms with van der Waals surface area (Å²) in [5.74, 6) is -0.237. The van der Waals surface area contributed by atoms with E-state index in [0.717, 1.165) is 17.8 Å². The maximum atomic E-state index is 13.1. The van der Waals surface area contributed by atoms with E-state index in [-0.39, 0.29) is 5.91 Å². The second-order valence-corrected chi connectivity index (χ2v) is 7.94. The molecule has 2 aromatic heterocycles. The van der Waals surface area contributed by atoms with Crippen LogP contribution in [0.1, 0.15) is 40.5 Å². The number of carbonyl (C=O) groups excluding carboxylic acids is 1. The Labute approximate surface area is 186 Å². The second-order valence-electron chi connectivity index (χ2n) is 7.94. The Morgan fingerprint density at radius 3 is 2.59 bits per heavy atom. The quantitative estimate of drug-likeness (QED) is 0.538. The Bertz CT molecular complexity index is 1310. The number of carbonyl (C=O) groups is 1. The molecule has 0 aliphatic carbocycles. The van der Waals surface area contributed by atoms with Gasteiger partial charge in [-0.25, -0.2) is 9.97 Å². The molecular weight excluding hydrogens is 400 g/mol. The summed E-state index contributed by atoms with van der Waals surface area (Å²) in [6.45, 7) is 1.07. The largest absolute Gasteiger partial charge is 0.310 e. The van der Waals surface area contributed by atoms with Gasteiger partial charge in [-0.3, -0.25) is 9.20 Å². The zero-order chi connectivity index (χ0) is 22.1. The molecule has 0 spiro atoms. The Morgan fingerprint density at radius 1 is 1.12 bits per heavy atom. The van der Waals surface area contributed by atoms with Gasteiger partial charge in [-0.2, -0.15) is 5.26 Å². The van der Waals surface area contributed by atoms with E-state index in [1.54, 1.807) is 49.9 Å². The number of nitriles is 1. The summed E-state index contributed by atoms with van der Waals surface area (Å²) >= 11 is 0. The number of aromatic nitrogens is 3. The third-order valence-electron chi connectivity index (χ3n) is 5.97. The first-order valence-corrected chi connectivity index (χ1v) is 10.6. The number of benzene rings is 2. The van der Waals surface area contributed by atoms with Crippen LogP contribution in [-0.2, 0) is 0 Å². The normalized spacial score (nSPS) is 15.6. The van der Waals surface area contributed by atoms with Crippen LogP contribution < -0.4 is 10.2 Å². The van der Waals surface area contributed by atoms with Gasteiger partial charge in [0, 0.05) is 30.5 Å². The van der Waals surface area contributed by atoms with Crippen molar-refractivity contribution in [3.05, 3.63) is 83.9 Å². The fraction of sp³-hybridized carbons (Fsp3) is 0.200. The maximum absolute atomic E-state index is 13.1. The van der Waals surface area contributed by atoms with Gasteiger partial charge in [-0.05, 0) is 49.2 Å². The van der Waals surface area contributed by atoms with E-state index in [2.05, 4.69) is 45.6 Å². The molecule has 32 heavy (non-hydrogen) atoms. The van der Waals surface area contributed by atoms with Crippen LogP contribution in [0.5, 0.6) is 0 Å². The van der Waals surface area contributed by atoms with Gasteiger partial charge in [-0.15, -0.1) is 0 Å². The summed E-state index contributed by atoms with van der Waals surface area (Å²) in [5, 5.41) is 12.5. The van der Waals surface area contributed by atoms with E-state index in [1.165, 1.54) is 23.3 Å². The Hall–Kier alpha value is -4.02. The molecule has 1 fully saturated rings. The molecular formula is C25H22N6O. The summed E-state index contributed by atoms with van der Waals surface area (Å²) in [4.78, 5) is 23.4. The summed E-state index contributed by atoms with van der Waals surface area (Å²) in [6, 6.07) is 17.9. The molecule has 7 nitrogen and oxygen atoms in total. The molecule has 0 radical (unpaired) electrons. The smallest absolute Gasteiger partial charge is 0.278 e. The van der Waals surface area contributed by atoms with Crippen LogP contribution in [0.3, 0.4) is 0 Å². The Balaban J connectivity index is 1.44. The minimum Gasteiger partial charge on any atom is -0.310 e. The molecule has 1 amide bonds. The predicted octanol–water partition coefficient (Wildman–Crippen LogP) is 3.97. The van der Waals surface area contributed by atoms with Gasteiger partial charge in [0.25, 0.3) is 5.91 Å². The molecule has 0 bridgehead atoms. The Kier molecular flexibility index (Phi) is 5.13. The summed E-state index contributed by atoms with van der Waals surface area (Å²) < 4.78 is 1.90. The standard InChI is InChI=1S/C25H22N6O/c1-30(20-10-4-17(13-26)5-11-20)25(32)22-16-31-23(14-29-24(31)15-28-22)19-8-6-18(7-9-19)21-3-2-12-27-21/h4-11,14-16,21,27H,2-3,12H2,1H3. The molecule has 1 N–H and O–H groups in total. The molecule has 0 saturated carbocycles. The summed E-state index contributed by atoms with van der Waals surface area (Å²) in [5.41, 5.74) is 5.47. The number of fused-ring (bicyclic) bond motifs is 1. The molecule has 5 rings (SSSR count). The summed E-state index contributed by atoms with van der Waals surface area (Å²) in [6.07, 6.45) is 7.52. The van der Waals surface area contributed by atoms with Crippen LogP contribution in [0.4, 0.5) is 5.69 Å². The lowest BCUT2D eigenvalue weighted by Crippen LogP contribution is -2.27. The highest BCUT2D eigenvalue weighted by molar-refractivity contribution is 6.04. The van der Waals surface area contributed by atoms with Crippen molar-refractivity contribution < 1.29 is 4.79 Å². The van der Waals surface area contributed by atoms with Crippen molar-refractivity contribution in [3.8, 4) is 17.3 Å². The lowest BCUT2D eigenvalue weighted by molar-refractivity contribution is 0.0988. The van der Waals surface area contributed by atoms with Crippen LogP contribution in [0.25, 0.3) is 16.9 Å². The number of rotatable bonds is 4. The van der Waals surface area contributed by atoms with Gasteiger partial charge < -0.3 is 10.2 Å². The monoisotopic (exact) mass is 422 g/mol. The zero-order valence-corrected chi connectivity index (χ0v) is 17.7. The lowest BCUT2D eigenvalue weighted by atomic mass is 10.0. The topological polar surface area (TPSA) is 86.3 Å². The van der Waals surface area contributed by atoms with Gasteiger partial charge in [0.15, 0.2) is 5.65 Å². The van der Waals surface area contributed by atoms with Crippen molar-refractivity contribution in [2.45, 2.75) is 18.9 Å². The van der Waals surface area contributed by atoms with Crippen LogP contribution >= 0.6 is 0 Å². The van der Waals surface area contributed by atoms with Crippen molar-refractivity contribution in [2.24, 2.45) is 0 Å². The van der Waals surface area contributed by atoms with Crippen molar-refractivity contribution in [2.75, 3.05) is 18.5 Å². The van der Waals surface area contributed by atoms with E-state index < -0.39 is 0 Å². The highest BCUT2D eigenvalue weighted by Crippen LogP contribution is 2.27. The second kappa shape index (κ2) is 8.25. The van der Waals surface area contributed by atoms with Gasteiger partial charge in [0.1, 0.15) is 5.69 Å². The molecule has 158 valence electrons. The first-order valence-electron chi connectivity index (χ1n) is 10.6. The lowest BCUT2D eigenvalue weighted by Gasteiger charge is -2.17. The van der Waals surface area contributed by atoms with Crippen LogP contribution in [-0.4, -0.2) is 33.9 Å². The molecule has 2 aromatic carbocycles. The van der Waals surface area contributed by atoms with Crippen LogP contribution in [0, 0.1) is 11.3 Å². The highest BCUT2D eigenvalue weighted by atomic mass is 16.2. The number of amides is 1. The molecule has 3 heterocycles. The molecule has 7 heteroatoms. The highest BCUT2D eigenvalue weighted by Gasteiger charge is 2.18. The Morgan fingerprint density at radius 2 is 1.91 bits per heavy atom. The van der Waals surface area contributed by atoms with Crippen LogP contribution in [0.15, 0.2) is 67.1 Å². The first kappa shape index (κ1) is 19.9.